The molecule has 0 spiro atoms. The fourth-order valence-corrected chi connectivity index (χ4v) is 5.35. The van der Waals surface area contributed by atoms with Crippen LogP contribution in [-0.2, 0) is 29.7 Å². The fourth-order valence-electron chi connectivity index (χ4n) is 4.47. The van der Waals surface area contributed by atoms with E-state index >= 15 is 0 Å². The summed E-state index contributed by atoms with van der Waals surface area (Å²) in [6.07, 6.45) is 5.33. The van der Waals surface area contributed by atoms with Gasteiger partial charge in [0.1, 0.15) is 12.0 Å². The molecule has 1 fully saturated rings. The highest BCUT2D eigenvalue weighted by molar-refractivity contribution is 7.88. The summed E-state index contributed by atoms with van der Waals surface area (Å²) in [5, 5.41) is 7.68. The van der Waals surface area contributed by atoms with E-state index in [0.29, 0.717) is 50.7 Å². The standard InChI is InChI=1S/C23H26N4O6S/c1-34(29,30)27-6-4-16(5-7-27)13-32-22-14-31-20(9-21(22)28)12-26-10-18-3-2-17(8-19(18)11-26)23-25-24-15-33-23/h2-3,8-9,14-16H,4-7,10-13H2,1H3. The number of piperidine rings is 1. The lowest BCUT2D eigenvalue weighted by Gasteiger charge is -2.29. The van der Waals surface area contributed by atoms with E-state index in [0.717, 1.165) is 18.7 Å². The molecule has 0 atom stereocenters. The Hall–Kier alpha value is -3.02. The van der Waals surface area contributed by atoms with Crippen molar-refractivity contribution in [2.24, 2.45) is 5.92 Å². The van der Waals surface area contributed by atoms with Crippen LogP contribution in [-0.4, -0.2) is 53.8 Å². The molecule has 0 radical (unpaired) electrons. The van der Waals surface area contributed by atoms with Crippen LogP contribution in [0.4, 0.5) is 0 Å². The number of benzene rings is 1. The minimum atomic E-state index is -3.15. The highest BCUT2D eigenvalue weighted by Gasteiger charge is 2.26. The van der Waals surface area contributed by atoms with E-state index in [1.165, 1.54) is 40.4 Å². The quantitative estimate of drug-likeness (QED) is 0.495. The van der Waals surface area contributed by atoms with Crippen molar-refractivity contribution in [3.8, 4) is 17.2 Å². The zero-order valence-electron chi connectivity index (χ0n) is 18.8. The molecule has 4 heterocycles. The normalized spacial score (nSPS) is 17.7. The zero-order valence-corrected chi connectivity index (χ0v) is 19.7. The molecular formula is C23H26N4O6S. The Kier molecular flexibility index (Phi) is 6.24. The van der Waals surface area contributed by atoms with Gasteiger partial charge in [0.2, 0.25) is 33.5 Å². The number of rotatable bonds is 7. The van der Waals surface area contributed by atoms with Crippen LogP contribution in [0.2, 0.25) is 0 Å². The maximum absolute atomic E-state index is 12.5. The summed E-state index contributed by atoms with van der Waals surface area (Å²) in [4.78, 5) is 14.7. The summed E-state index contributed by atoms with van der Waals surface area (Å²) in [5.41, 5.74) is 3.06. The first-order valence-corrected chi connectivity index (χ1v) is 13.0. The molecule has 5 rings (SSSR count). The SMILES string of the molecule is CS(=O)(=O)N1CCC(COc2coc(CN3Cc4ccc(-c5nnco5)cc4C3)cc2=O)CC1. The van der Waals surface area contributed by atoms with E-state index in [4.69, 9.17) is 13.6 Å². The summed E-state index contributed by atoms with van der Waals surface area (Å²) in [6.45, 7) is 3.32. The van der Waals surface area contributed by atoms with Crippen molar-refractivity contribution in [3.05, 3.63) is 64.0 Å². The number of hydrogen-bond donors (Lipinski definition) is 0. The van der Waals surface area contributed by atoms with Gasteiger partial charge in [-0.1, -0.05) is 6.07 Å². The third-order valence-corrected chi connectivity index (χ3v) is 7.65. The van der Waals surface area contributed by atoms with Crippen molar-refractivity contribution in [3.63, 3.8) is 0 Å². The van der Waals surface area contributed by atoms with Crippen LogP contribution in [0, 0.1) is 5.92 Å². The summed E-state index contributed by atoms with van der Waals surface area (Å²) in [6, 6.07) is 7.56. The van der Waals surface area contributed by atoms with Gasteiger partial charge in [-0.15, -0.1) is 10.2 Å². The second-order valence-electron chi connectivity index (χ2n) is 8.86. The van der Waals surface area contributed by atoms with Crippen molar-refractivity contribution in [2.75, 3.05) is 26.0 Å². The summed E-state index contributed by atoms with van der Waals surface area (Å²) < 4.78 is 41.4. The molecule has 0 aliphatic carbocycles. The van der Waals surface area contributed by atoms with Gasteiger partial charge in [0.15, 0.2) is 0 Å². The largest absolute Gasteiger partial charge is 0.486 e. The Bertz CT molecular complexity index is 1310. The van der Waals surface area contributed by atoms with Gasteiger partial charge in [-0.3, -0.25) is 9.69 Å². The van der Waals surface area contributed by atoms with Crippen molar-refractivity contribution in [1.29, 1.82) is 0 Å². The van der Waals surface area contributed by atoms with Crippen LogP contribution < -0.4 is 10.2 Å². The van der Waals surface area contributed by atoms with E-state index in [2.05, 4.69) is 27.2 Å². The van der Waals surface area contributed by atoms with E-state index in [1.54, 1.807) is 0 Å². The van der Waals surface area contributed by atoms with Crippen molar-refractivity contribution < 1.29 is 22.0 Å². The predicted molar refractivity (Wildman–Crippen MR) is 122 cm³/mol. The molecule has 0 unspecified atom stereocenters. The minimum Gasteiger partial charge on any atom is -0.486 e. The van der Waals surface area contributed by atoms with Crippen molar-refractivity contribution >= 4 is 10.0 Å². The van der Waals surface area contributed by atoms with Gasteiger partial charge in [-0.05, 0) is 42.0 Å². The van der Waals surface area contributed by atoms with Crippen LogP contribution in [0.1, 0.15) is 29.7 Å². The molecule has 3 aromatic rings. The molecule has 10 nitrogen and oxygen atoms in total. The predicted octanol–water partition coefficient (Wildman–Crippen LogP) is 2.26. The van der Waals surface area contributed by atoms with Gasteiger partial charge >= 0.3 is 0 Å². The van der Waals surface area contributed by atoms with Gasteiger partial charge in [0, 0.05) is 37.8 Å². The van der Waals surface area contributed by atoms with Crippen molar-refractivity contribution in [1.82, 2.24) is 19.4 Å². The Morgan fingerprint density at radius 1 is 1.12 bits per heavy atom. The van der Waals surface area contributed by atoms with E-state index in [-0.39, 0.29) is 17.1 Å². The molecule has 180 valence electrons. The molecule has 0 saturated carbocycles. The lowest BCUT2D eigenvalue weighted by molar-refractivity contribution is 0.180. The lowest BCUT2D eigenvalue weighted by atomic mass is 9.99. The van der Waals surface area contributed by atoms with Gasteiger partial charge < -0.3 is 13.6 Å². The fraction of sp³-hybridized carbons (Fsp3) is 0.435. The summed E-state index contributed by atoms with van der Waals surface area (Å²) in [5.74, 6) is 1.45. The molecular weight excluding hydrogens is 460 g/mol. The van der Waals surface area contributed by atoms with Crippen LogP contribution in [0.25, 0.3) is 11.5 Å². The second kappa shape index (κ2) is 9.32. The Morgan fingerprint density at radius 2 is 1.91 bits per heavy atom. The topological polar surface area (TPSA) is 119 Å². The van der Waals surface area contributed by atoms with Gasteiger partial charge in [0.25, 0.3) is 0 Å². The first-order chi connectivity index (χ1) is 16.3. The minimum absolute atomic E-state index is 0.184. The second-order valence-corrected chi connectivity index (χ2v) is 10.8. The molecule has 34 heavy (non-hydrogen) atoms. The van der Waals surface area contributed by atoms with Gasteiger partial charge in [0.05, 0.1) is 19.4 Å². The highest BCUT2D eigenvalue weighted by atomic mass is 32.2. The molecule has 1 saturated heterocycles. The summed E-state index contributed by atoms with van der Waals surface area (Å²) >= 11 is 0. The van der Waals surface area contributed by atoms with E-state index < -0.39 is 10.0 Å². The number of aromatic nitrogens is 2. The number of sulfonamides is 1. The van der Waals surface area contributed by atoms with E-state index in [1.807, 2.05) is 6.07 Å². The maximum atomic E-state index is 12.5. The first kappa shape index (κ1) is 22.8. The van der Waals surface area contributed by atoms with Gasteiger partial charge in [-0.25, -0.2) is 12.7 Å². The Morgan fingerprint density at radius 3 is 2.62 bits per heavy atom. The number of hydrogen-bond acceptors (Lipinski definition) is 9. The third kappa shape index (κ3) is 5.06. The third-order valence-electron chi connectivity index (χ3n) is 6.35. The molecule has 2 aliphatic heterocycles. The van der Waals surface area contributed by atoms with Crippen LogP contribution in [0.5, 0.6) is 5.75 Å². The van der Waals surface area contributed by atoms with Crippen molar-refractivity contribution in [2.45, 2.75) is 32.5 Å². The first-order valence-electron chi connectivity index (χ1n) is 11.2. The molecule has 11 heteroatoms. The number of nitrogens with zero attached hydrogens (tertiary/aromatic N) is 4. The Balaban J connectivity index is 1.15. The molecule has 0 bridgehead atoms. The zero-order chi connectivity index (χ0) is 23.7. The summed E-state index contributed by atoms with van der Waals surface area (Å²) in [7, 11) is -3.15. The number of fused-ring (bicyclic) bond motifs is 1. The average Bonchev–Trinajstić information content (AvgIpc) is 3.47. The van der Waals surface area contributed by atoms with Crippen LogP contribution >= 0.6 is 0 Å². The number of ether oxygens (including phenoxy) is 1. The van der Waals surface area contributed by atoms with Gasteiger partial charge in [-0.2, -0.15) is 0 Å². The molecule has 2 aliphatic rings. The highest BCUT2D eigenvalue weighted by Crippen LogP contribution is 2.28. The monoisotopic (exact) mass is 486 g/mol. The lowest BCUT2D eigenvalue weighted by Crippen LogP contribution is -2.39. The van der Waals surface area contributed by atoms with Crippen LogP contribution in [0.3, 0.4) is 0 Å². The molecule has 2 aromatic heterocycles. The Labute approximate surface area is 197 Å². The molecule has 0 amide bonds. The van der Waals surface area contributed by atoms with Crippen LogP contribution in [0.15, 0.2) is 50.6 Å². The smallest absolute Gasteiger partial charge is 0.247 e. The molecule has 0 N–H and O–H groups in total. The molecule has 1 aromatic carbocycles. The average molecular weight is 487 g/mol. The van der Waals surface area contributed by atoms with E-state index in [9.17, 15) is 13.2 Å². The maximum Gasteiger partial charge on any atom is 0.247 e.